The average molecular weight is 398 g/mol. The van der Waals surface area contributed by atoms with E-state index in [1.807, 2.05) is 0 Å². The summed E-state index contributed by atoms with van der Waals surface area (Å²) in [4.78, 5) is 17.0. The van der Waals surface area contributed by atoms with Crippen LogP contribution in [0.5, 0.6) is 0 Å². The van der Waals surface area contributed by atoms with Gasteiger partial charge in [-0.2, -0.15) is 4.98 Å². The summed E-state index contributed by atoms with van der Waals surface area (Å²) in [5.74, 6) is 1.13. The third-order valence-electron chi connectivity index (χ3n) is 6.20. The van der Waals surface area contributed by atoms with E-state index in [0.29, 0.717) is 50.9 Å². The number of carbonyl (C=O) groups excluding carboxylic acids is 1. The largest absolute Gasteiger partial charge is 0.381 e. The fourth-order valence-electron chi connectivity index (χ4n) is 4.80. The molecule has 2 aliphatic heterocycles. The Hall–Kier alpha value is -1.52. The van der Waals surface area contributed by atoms with Gasteiger partial charge in [0.1, 0.15) is 0 Å². The maximum absolute atomic E-state index is 12.6. The smallest absolute Gasteiger partial charge is 0.234 e. The fourth-order valence-corrected chi connectivity index (χ4v) is 5.71. The second-order valence-corrected chi connectivity index (χ2v) is 10.1. The summed E-state index contributed by atoms with van der Waals surface area (Å²) >= 11 is 0. The molecule has 1 aliphatic carbocycles. The summed E-state index contributed by atoms with van der Waals surface area (Å²) in [7, 11) is -3.30. The van der Waals surface area contributed by atoms with Crippen LogP contribution >= 0.6 is 0 Å². The number of ether oxygens (including phenoxy) is 1. The molecule has 27 heavy (non-hydrogen) atoms. The van der Waals surface area contributed by atoms with Crippen molar-refractivity contribution in [3.8, 4) is 0 Å². The van der Waals surface area contributed by atoms with Crippen molar-refractivity contribution in [3.05, 3.63) is 11.7 Å². The lowest BCUT2D eigenvalue weighted by Crippen LogP contribution is -2.42. The molecular formula is C17H26N4O5S. The van der Waals surface area contributed by atoms with Gasteiger partial charge in [0.15, 0.2) is 5.82 Å². The van der Waals surface area contributed by atoms with Gasteiger partial charge in [0.05, 0.1) is 11.7 Å². The van der Waals surface area contributed by atoms with Gasteiger partial charge in [0, 0.05) is 38.3 Å². The van der Waals surface area contributed by atoms with Crippen molar-refractivity contribution in [2.75, 3.05) is 32.6 Å². The summed E-state index contributed by atoms with van der Waals surface area (Å²) in [6.45, 7) is 3.74. The van der Waals surface area contributed by atoms with Crippen LogP contribution in [0.4, 0.5) is 0 Å². The van der Waals surface area contributed by atoms with Gasteiger partial charge < -0.3 is 14.6 Å². The van der Waals surface area contributed by atoms with E-state index >= 15 is 0 Å². The van der Waals surface area contributed by atoms with E-state index in [2.05, 4.69) is 15.5 Å². The van der Waals surface area contributed by atoms with Crippen LogP contribution in [0.25, 0.3) is 0 Å². The second kappa shape index (κ2) is 6.82. The first-order chi connectivity index (χ1) is 12.8. The molecule has 9 nitrogen and oxygen atoms in total. The summed E-state index contributed by atoms with van der Waals surface area (Å²) in [6, 6.07) is -0.0146. The van der Waals surface area contributed by atoms with E-state index < -0.39 is 15.4 Å². The Morgan fingerprint density at radius 3 is 2.70 bits per heavy atom. The molecule has 1 aromatic rings. The number of rotatable bonds is 4. The van der Waals surface area contributed by atoms with Crippen molar-refractivity contribution in [3.63, 3.8) is 0 Å². The average Bonchev–Trinajstić information content (AvgIpc) is 3.27. The van der Waals surface area contributed by atoms with Crippen LogP contribution in [0.2, 0.25) is 0 Å². The number of aromatic nitrogens is 2. The van der Waals surface area contributed by atoms with Crippen molar-refractivity contribution in [2.45, 2.75) is 44.1 Å². The number of aryl methyl sites for hydroxylation is 1. The highest BCUT2D eigenvalue weighted by Crippen LogP contribution is 2.50. The Kier molecular flexibility index (Phi) is 4.76. The molecule has 1 unspecified atom stereocenters. The minimum absolute atomic E-state index is 0.00620. The lowest BCUT2D eigenvalue weighted by molar-refractivity contribution is -0.128. The molecule has 150 valence electrons. The van der Waals surface area contributed by atoms with Crippen LogP contribution in [0.15, 0.2) is 4.52 Å². The number of carbonyl (C=O) groups is 1. The molecule has 2 saturated heterocycles. The molecule has 0 radical (unpaired) electrons. The van der Waals surface area contributed by atoms with Gasteiger partial charge in [-0.05, 0) is 38.5 Å². The summed E-state index contributed by atoms with van der Waals surface area (Å²) < 4.78 is 36.5. The molecular weight excluding hydrogens is 372 g/mol. The van der Waals surface area contributed by atoms with Crippen molar-refractivity contribution in [2.24, 2.45) is 11.8 Å². The van der Waals surface area contributed by atoms with E-state index in [9.17, 15) is 13.2 Å². The first-order valence-electron chi connectivity index (χ1n) is 9.42. The first kappa shape index (κ1) is 18.8. The highest BCUT2D eigenvalue weighted by Gasteiger charge is 2.59. The number of amides is 1. The van der Waals surface area contributed by atoms with E-state index in [-0.39, 0.29) is 23.8 Å². The number of hydrogen-bond acceptors (Lipinski definition) is 7. The van der Waals surface area contributed by atoms with E-state index in [4.69, 9.17) is 9.26 Å². The normalized spacial score (nSPS) is 32.5. The summed E-state index contributed by atoms with van der Waals surface area (Å²) in [6.07, 6.45) is 4.05. The van der Waals surface area contributed by atoms with Crippen LogP contribution < -0.4 is 5.32 Å². The number of hydrogen-bond donors (Lipinski definition) is 1. The third kappa shape index (κ3) is 3.50. The van der Waals surface area contributed by atoms with Crippen LogP contribution in [0.1, 0.15) is 37.4 Å². The Morgan fingerprint density at radius 1 is 1.33 bits per heavy atom. The molecule has 3 heterocycles. The molecule has 3 atom stereocenters. The Balaban J connectivity index is 1.53. The van der Waals surface area contributed by atoms with E-state index in [0.717, 1.165) is 12.8 Å². The molecule has 1 N–H and O–H groups in total. The number of fused-ring (bicyclic) bond motifs is 1. The van der Waals surface area contributed by atoms with Gasteiger partial charge in [-0.1, -0.05) is 5.16 Å². The molecule has 1 amide bonds. The Bertz CT molecular complexity index is 819. The number of nitrogens with zero attached hydrogens (tertiary/aromatic N) is 3. The molecule has 0 bridgehead atoms. The molecule has 4 rings (SSSR count). The van der Waals surface area contributed by atoms with Gasteiger partial charge in [-0.15, -0.1) is 0 Å². The SMILES string of the molecule is Cc1noc([C@]23C[C@H](NC(=O)C4CCOCC4)CC2CN(S(C)(=O)=O)C3)n1. The predicted octanol–water partition coefficient (Wildman–Crippen LogP) is 0.212. The van der Waals surface area contributed by atoms with Gasteiger partial charge in [0.2, 0.25) is 21.8 Å². The molecule has 10 heteroatoms. The second-order valence-electron chi connectivity index (χ2n) is 8.09. The Morgan fingerprint density at radius 2 is 2.07 bits per heavy atom. The standard InChI is InChI=1S/C17H26N4O5S/c1-11-18-16(26-20-11)17-8-14(19-15(22)12-3-5-25-6-4-12)7-13(17)9-21(10-17)27(2,23)24/h12-14H,3-10H2,1-2H3,(H,19,22)/t13?,14-,17+/m1/s1. The maximum atomic E-state index is 12.6. The van der Waals surface area contributed by atoms with Gasteiger partial charge in [-0.3, -0.25) is 4.79 Å². The zero-order valence-electron chi connectivity index (χ0n) is 15.7. The topological polar surface area (TPSA) is 115 Å². The maximum Gasteiger partial charge on any atom is 0.234 e. The lowest BCUT2D eigenvalue weighted by atomic mass is 9.80. The van der Waals surface area contributed by atoms with Crippen LogP contribution in [0, 0.1) is 18.8 Å². The quantitative estimate of drug-likeness (QED) is 0.771. The van der Waals surface area contributed by atoms with Crippen LogP contribution in [-0.2, 0) is 25.0 Å². The molecule has 0 spiro atoms. The van der Waals surface area contributed by atoms with Crippen molar-refractivity contribution in [1.29, 1.82) is 0 Å². The van der Waals surface area contributed by atoms with Gasteiger partial charge >= 0.3 is 0 Å². The Labute approximate surface area is 158 Å². The summed E-state index contributed by atoms with van der Waals surface area (Å²) in [5, 5.41) is 7.09. The van der Waals surface area contributed by atoms with Gasteiger partial charge in [-0.25, -0.2) is 12.7 Å². The minimum Gasteiger partial charge on any atom is -0.381 e. The first-order valence-corrected chi connectivity index (χ1v) is 11.3. The van der Waals surface area contributed by atoms with Crippen LogP contribution in [-0.4, -0.2) is 67.4 Å². The fraction of sp³-hybridized carbons (Fsp3) is 0.824. The number of nitrogens with one attached hydrogen (secondary N) is 1. The third-order valence-corrected chi connectivity index (χ3v) is 7.42. The zero-order chi connectivity index (χ0) is 19.2. The van der Waals surface area contributed by atoms with Crippen LogP contribution in [0.3, 0.4) is 0 Å². The van der Waals surface area contributed by atoms with Crippen molar-refractivity contribution < 1.29 is 22.5 Å². The highest BCUT2D eigenvalue weighted by molar-refractivity contribution is 7.88. The lowest BCUT2D eigenvalue weighted by Gasteiger charge is -2.26. The van der Waals surface area contributed by atoms with E-state index in [1.54, 1.807) is 6.92 Å². The molecule has 3 fully saturated rings. The van der Waals surface area contributed by atoms with Crippen molar-refractivity contribution >= 4 is 15.9 Å². The molecule has 1 aromatic heterocycles. The highest BCUT2D eigenvalue weighted by atomic mass is 32.2. The minimum atomic E-state index is -3.30. The van der Waals surface area contributed by atoms with E-state index in [1.165, 1.54) is 10.6 Å². The number of sulfonamides is 1. The summed E-state index contributed by atoms with van der Waals surface area (Å²) in [5.41, 5.74) is -0.530. The van der Waals surface area contributed by atoms with Crippen molar-refractivity contribution in [1.82, 2.24) is 19.8 Å². The van der Waals surface area contributed by atoms with Gasteiger partial charge in [0.25, 0.3) is 0 Å². The molecule has 1 saturated carbocycles. The monoisotopic (exact) mass is 398 g/mol. The molecule has 3 aliphatic rings. The molecule has 0 aromatic carbocycles. The zero-order valence-corrected chi connectivity index (χ0v) is 16.5. The predicted molar refractivity (Wildman–Crippen MR) is 95.3 cm³/mol.